The molecule has 0 aromatic rings. The summed E-state index contributed by atoms with van der Waals surface area (Å²) < 4.78 is 38.9. The fourth-order valence-corrected chi connectivity index (χ4v) is 2.90. The van der Waals surface area contributed by atoms with Crippen LogP contribution in [0.5, 0.6) is 0 Å². The third kappa shape index (κ3) is 4.02. The molecule has 0 radical (unpaired) electrons. The van der Waals surface area contributed by atoms with Crippen molar-refractivity contribution in [2.24, 2.45) is 11.8 Å². The molecule has 0 saturated heterocycles. The minimum atomic E-state index is -4.06. The molecule has 100 valence electrons. The normalized spacial score (nSPS) is 27.8. The Kier molecular flexibility index (Phi) is 5.50. The second kappa shape index (κ2) is 6.43. The van der Waals surface area contributed by atoms with Crippen LogP contribution in [0.15, 0.2) is 12.7 Å². The monoisotopic (exact) mass is 249 g/mol. The Morgan fingerprint density at radius 1 is 1.35 bits per heavy atom. The first-order valence-corrected chi connectivity index (χ1v) is 6.41. The molecule has 3 unspecified atom stereocenters. The van der Waals surface area contributed by atoms with Crippen LogP contribution in [0.3, 0.4) is 0 Å². The van der Waals surface area contributed by atoms with Gasteiger partial charge in [-0.2, -0.15) is 13.2 Å². The Bertz CT molecular complexity index is 237. The Morgan fingerprint density at radius 2 is 2.00 bits per heavy atom. The number of hydrogen-bond donors (Lipinski definition) is 1. The van der Waals surface area contributed by atoms with Gasteiger partial charge in [0.05, 0.1) is 5.92 Å². The molecule has 1 aliphatic carbocycles. The highest BCUT2D eigenvalue weighted by atomic mass is 19.4. The molecule has 1 aliphatic rings. The largest absolute Gasteiger partial charge is 0.392 e. The van der Waals surface area contributed by atoms with E-state index in [1.54, 1.807) is 6.08 Å². The van der Waals surface area contributed by atoms with Gasteiger partial charge in [0.25, 0.3) is 0 Å². The average Bonchev–Trinajstić information content (AvgIpc) is 2.28. The molecule has 4 heteroatoms. The Balaban J connectivity index is 2.76. The topological polar surface area (TPSA) is 12.0 Å². The average molecular weight is 249 g/mol. The zero-order valence-corrected chi connectivity index (χ0v) is 10.4. The predicted molar refractivity (Wildman–Crippen MR) is 63.8 cm³/mol. The third-order valence-corrected chi connectivity index (χ3v) is 3.64. The summed E-state index contributed by atoms with van der Waals surface area (Å²) in [7, 11) is 0. The zero-order chi connectivity index (χ0) is 12.9. The molecule has 1 saturated carbocycles. The lowest BCUT2D eigenvalue weighted by atomic mass is 9.74. The van der Waals surface area contributed by atoms with E-state index in [9.17, 15) is 13.2 Å². The molecular formula is C13H22F3N. The van der Waals surface area contributed by atoms with Crippen molar-refractivity contribution in [2.75, 3.05) is 6.54 Å². The van der Waals surface area contributed by atoms with Crippen LogP contribution in [-0.4, -0.2) is 18.8 Å². The number of hydrogen-bond acceptors (Lipinski definition) is 1. The molecule has 1 fully saturated rings. The molecule has 17 heavy (non-hydrogen) atoms. The molecule has 0 aromatic carbocycles. The second-order valence-electron chi connectivity index (χ2n) is 4.78. The van der Waals surface area contributed by atoms with Crippen molar-refractivity contribution in [1.29, 1.82) is 0 Å². The quantitative estimate of drug-likeness (QED) is 0.728. The van der Waals surface area contributed by atoms with Crippen molar-refractivity contribution in [1.82, 2.24) is 5.32 Å². The van der Waals surface area contributed by atoms with E-state index in [0.29, 0.717) is 25.8 Å². The van der Waals surface area contributed by atoms with Crippen LogP contribution in [0.1, 0.15) is 39.0 Å². The maximum absolute atomic E-state index is 13.0. The molecule has 0 aromatic heterocycles. The summed E-state index contributed by atoms with van der Waals surface area (Å²) in [4.78, 5) is 0. The van der Waals surface area contributed by atoms with E-state index in [-0.39, 0.29) is 18.4 Å². The van der Waals surface area contributed by atoms with Crippen molar-refractivity contribution in [3.05, 3.63) is 12.7 Å². The summed E-state index contributed by atoms with van der Waals surface area (Å²) in [5.74, 6) is -1.43. The molecule has 0 spiro atoms. The van der Waals surface area contributed by atoms with E-state index in [4.69, 9.17) is 0 Å². The van der Waals surface area contributed by atoms with Crippen LogP contribution in [0.4, 0.5) is 13.2 Å². The minimum Gasteiger partial charge on any atom is -0.314 e. The summed E-state index contributed by atoms with van der Waals surface area (Å²) in [5, 5.41) is 3.18. The SMILES string of the molecule is C=CCC(NCC)C1CCCCC1C(F)(F)F. The van der Waals surface area contributed by atoms with E-state index >= 15 is 0 Å². The summed E-state index contributed by atoms with van der Waals surface area (Å²) in [6, 6.07) is -0.0792. The van der Waals surface area contributed by atoms with Crippen molar-refractivity contribution in [3.8, 4) is 0 Å². The van der Waals surface area contributed by atoms with Crippen LogP contribution in [0.2, 0.25) is 0 Å². The third-order valence-electron chi connectivity index (χ3n) is 3.64. The maximum Gasteiger partial charge on any atom is 0.392 e. The summed E-state index contributed by atoms with van der Waals surface area (Å²) in [5.41, 5.74) is 0. The standard InChI is InChI=1S/C13H22F3N/c1-3-7-12(17-4-2)10-8-5-6-9-11(10)13(14,15)16/h3,10-12,17H,1,4-9H2,2H3. The first-order valence-electron chi connectivity index (χ1n) is 6.41. The van der Waals surface area contributed by atoms with E-state index in [2.05, 4.69) is 11.9 Å². The van der Waals surface area contributed by atoms with Crippen LogP contribution >= 0.6 is 0 Å². The van der Waals surface area contributed by atoms with Gasteiger partial charge in [-0.25, -0.2) is 0 Å². The Hall–Kier alpha value is -0.510. The van der Waals surface area contributed by atoms with E-state index < -0.39 is 12.1 Å². The van der Waals surface area contributed by atoms with Crippen molar-refractivity contribution in [3.63, 3.8) is 0 Å². The lowest BCUT2D eigenvalue weighted by molar-refractivity contribution is -0.199. The first kappa shape index (κ1) is 14.6. The summed E-state index contributed by atoms with van der Waals surface area (Å²) >= 11 is 0. The molecule has 0 amide bonds. The maximum atomic E-state index is 13.0. The van der Waals surface area contributed by atoms with E-state index in [0.717, 1.165) is 6.42 Å². The van der Waals surface area contributed by atoms with Gasteiger partial charge in [-0.3, -0.25) is 0 Å². The van der Waals surface area contributed by atoms with Gasteiger partial charge in [0.1, 0.15) is 0 Å². The highest BCUT2D eigenvalue weighted by Gasteiger charge is 2.47. The highest BCUT2D eigenvalue weighted by Crippen LogP contribution is 2.43. The van der Waals surface area contributed by atoms with Crippen molar-refractivity contribution in [2.45, 2.75) is 51.2 Å². The van der Waals surface area contributed by atoms with Gasteiger partial charge in [-0.15, -0.1) is 6.58 Å². The lowest BCUT2D eigenvalue weighted by Gasteiger charge is -2.38. The molecule has 1 rings (SSSR count). The Morgan fingerprint density at radius 3 is 2.53 bits per heavy atom. The van der Waals surface area contributed by atoms with Crippen LogP contribution in [0.25, 0.3) is 0 Å². The van der Waals surface area contributed by atoms with Crippen LogP contribution in [0, 0.1) is 11.8 Å². The molecule has 0 bridgehead atoms. The zero-order valence-electron chi connectivity index (χ0n) is 10.4. The predicted octanol–water partition coefficient (Wildman–Crippen LogP) is 3.91. The molecule has 0 aliphatic heterocycles. The highest BCUT2D eigenvalue weighted by molar-refractivity contribution is 4.91. The number of rotatable bonds is 5. The van der Waals surface area contributed by atoms with Gasteiger partial charge in [0.2, 0.25) is 0 Å². The molecule has 0 heterocycles. The second-order valence-corrected chi connectivity index (χ2v) is 4.78. The van der Waals surface area contributed by atoms with Gasteiger partial charge in [-0.1, -0.05) is 25.8 Å². The molecule has 1 N–H and O–H groups in total. The smallest absolute Gasteiger partial charge is 0.314 e. The van der Waals surface area contributed by atoms with Gasteiger partial charge in [0, 0.05) is 6.04 Å². The minimum absolute atomic E-state index is 0.0792. The molecule has 3 atom stereocenters. The van der Waals surface area contributed by atoms with Crippen molar-refractivity contribution < 1.29 is 13.2 Å². The molecular weight excluding hydrogens is 227 g/mol. The van der Waals surface area contributed by atoms with E-state index in [1.807, 2.05) is 6.92 Å². The van der Waals surface area contributed by atoms with Crippen LogP contribution in [-0.2, 0) is 0 Å². The first-order chi connectivity index (χ1) is 8.00. The van der Waals surface area contributed by atoms with Gasteiger partial charge >= 0.3 is 6.18 Å². The molecule has 1 nitrogen and oxygen atoms in total. The number of nitrogens with one attached hydrogen (secondary N) is 1. The van der Waals surface area contributed by atoms with Crippen LogP contribution < -0.4 is 5.32 Å². The van der Waals surface area contributed by atoms with Gasteiger partial charge < -0.3 is 5.32 Å². The van der Waals surface area contributed by atoms with Gasteiger partial charge in [-0.05, 0) is 31.7 Å². The fraction of sp³-hybridized carbons (Fsp3) is 0.846. The lowest BCUT2D eigenvalue weighted by Crippen LogP contribution is -2.45. The Labute approximate surface area is 101 Å². The fourth-order valence-electron chi connectivity index (χ4n) is 2.90. The summed E-state index contributed by atoms with van der Waals surface area (Å²) in [6.07, 6.45) is 0.854. The summed E-state index contributed by atoms with van der Waals surface area (Å²) in [6.45, 7) is 6.28. The number of halogens is 3. The number of alkyl halides is 3. The van der Waals surface area contributed by atoms with E-state index in [1.165, 1.54) is 0 Å². The van der Waals surface area contributed by atoms with Gasteiger partial charge in [0.15, 0.2) is 0 Å². The van der Waals surface area contributed by atoms with Crippen molar-refractivity contribution >= 4 is 0 Å².